The molecule has 13 heavy (non-hydrogen) atoms. The number of nitrogens with zero attached hydrogens (tertiary/aromatic N) is 1. The largest absolute Gasteiger partial charge is 0.444 e. The van der Waals surface area contributed by atoms with E-state index in [2.05, 4.69) is 11.9 Å². The van der Waals surface area contributed by atoms with Gasteiger partial charge in [0.15, 0.2) is 0 Å². The standard InChI is InChI=1S/C9H12ClNO2/c1-6-2-7(5-12-6)8-4-11-9(3-10)13-8/h4,6-7H,2-3,5H2,1H3. The first kappa shape index (κ1) is 9.03. The SMILES string of the molecule is CC1CC(c2cnc(CCl)o2)CO1. The number of hydrogen-bond donors (Lipinski definition) is 0. The van der Waals surface area contributed by atoms with Crippen LogP contribution in [0.3, 0.4) is 0 Å². The molecule has 1 aromatic rings. The Morgan fingerprint density at radius 1 is 1.69 bits per heavy atom. The second-order valence-corrected chi connectivity index (χ2v) is 3.63. The second kappa shape index (κ2) is 3.68. The van der Waals surface area contributed by atoms with Gasteiger partial charge in [0.2, 0.25) is 5.89 Å². The first-order valence-electron chi connectivity index (χ1n) is 4.41. The van der Waals surface area contributed by atoms with Gasteiger partial charge in [0.05, 0.1) is 24.8 Å². The van der Waals surface area contributed by atoms with Crippen LogP contribution in [-0.4, -0.2) is 17.7 Å². The summed E-state index contributed by atoms with van der Waals surface area (Å²) in [5.41, 5.74) is 0. The summed E-state index contributed by atoms with van der Waals surface area (Å²) in [6, 6.07) is 0. The summed E-state index contributed by atoms with van der Waals surface area (Å²) in [6.07, 6.45) is 3.09. The average Bonchev–Trinajstić information content (AvgIpc) is 2.71. The van der Waals surface area contributed by atoms with Crippen LogP contribution in [0.4, 0.5) is 0 Å². The second-order valence-electron chi connectivity index (χ2n) is 3.37. The van der Waals surface area contributed by atoms with Gasteiger partial charge in [-0.1, -0.05) is 0 Å². The van der Waals surface area contributed by atoms with E-state index in [1.165, 1.54) is 0 Å². The zero-order chi connectivity index (χ0) is 9.26. The van der Waals surface area contributed by atoms with Crippen molar-refractivity contribution in [3.63, 3.8) is 0 Å². The molecule has 4 heteroatoms. The molecular weight excluding hydrogens is 190 g/mol. The molecule has 0 aromatic carbocycles. The third-order valence-electron chi connectivity index (χ3n) is 2.29. The molecule has 72 valence electrons. The fraction of sp³-hybridized carbons (Fsp3) is 0.667. The Morgan fingerprint density at radius 2 is 2.54 bits per heavy atom. The summed E-state index contributed by atoms with van der Waals surface area (Å²) < 4.78 is 10.9. The summed E-state index contributed by atoms with van der Waals surface area (Å²) in [7, 11) is 0. The Morgan fingerprint density at radius 3 is 3.08 bits per heavy atom. The van der Waals surface area contributed by atoms with E-state index in [4.69, 9.17) is 20.8 Å². The lowest BCUT2D eigenvalue weighted by atomic mass is 10.0. The van der Waals surface area contributed by atoms with Crippen LogP contribution in [-0.2, 0) is 10.6 Å². The van der Waals surface area contributed by atoms with E-state index >= 15 is 0 Å². The van der Waals surface area contributed by atoms with Crippen LogP contribution in [0.15, 0.2) is 10.6 Å². The normalized spacial score (nSPS) is 28.2. The molecule has 0 aliphatic carbocycles. The number of rotatable bonds is 2. The van der Waals surface area contributed by atoms with E-state index in [1.54, 1.807) is 6.20 Å². The Bertz CT molecular complexity index is 287. The fourth-order valence-corrected chi connectivity index (χ4v) is 1.71. The Hall–Kier alpha value is -0.540. The fourth-order valence-electron chi connectivity index (χ4n) is 1.59. The molecule has 1 aliphatic heterocycles. The van der Waals surface area contributed by atoms with Gasteiger partial charge in [0.1, 0.15) is 5.76 Å². The van der Waals surface area contributed by atoms with Gasteiger partial charge in [-0.05, 0) is 13.3 Å². The predicted molar refractivity (Wildman–Crippen MR) is 48.8 cm³/mol. The minimum atomic E-state index is 0.328. The topological polar surface area (TPSA) is 35.3 Å². The van der Waals surface area contributed by atoms with Gasteiger partial charge < -0.3 is 9.15 Å². The van der Waals surface area contributed by atoms with Crippen LogP contribution in [0, 0.1) is 0 Å². The highest BCUT2D eigenvalue weighted by Crippen LogP contribution is 2.29. The smallest absolute Gasteiger partial charge is 0.209 e. The first-order valence-corrected chi connectivity index (χ1v) is 4.95. The van der Waals surface area contributed by atoms with E-state index in [-0.39, 0.29) is 0 Å². The minimum Gasteiger partial charge on any atom is -0.444 e. The molecule has 1 aliphatic rings. The number of halogens is 1. The highest BCUT2D eigenvalue weighted by atomic mass is 35.5. The number of ether oxygens (including phenoxy) is 1. The van der Waals surface area contributed by atoms with Crippen LogP contribution < -0.4 is 0 Å². The quantitative estimate of drug-likeness (QED) is 0.689. The third-order valence-corrected chi connectivity index (χ3v) is 2.52. The summed E-state index contributed by atoms with van der Waals surface area (Å²) in [6.45, 7) is 2.80. The highest BCUT2D eigenvalue weighted by molar-refractivity contribution is 6.16. The van der Waals surface area contributed by atoms with Crippen molar-refractivity contribution in [3.8, 4) is 0 Å². The molecule has 3 nitrogen and oxygen atoms in total. The zero-order valence-electron chi connectivity index (χ0n) is 7.50. The molecule has 2 rings (SSSR count). The van der Waals surface area contributed by atoms with E-state index in [9.17, 15) is 0 Å². The molecule has 0 bridgehead atoms. The van der Waals surface area contributed by atoms with Crippen LogP contribution in [0.1, 0.15) is 30.9 Å². The van der Waals surface area contributed by atoms with Crippen LogP contribution in [0.25, 0.3) is 0 Å². The van der Waals surface area contributed by atoms with Gasteiger partial charge in [0, 0.05) is 5.92 Å². The monoisotopic (exact) mass is 201 g/mol. The van der Waals surface area contributed by atoms with Gasteiger partial charge >= 0.3 is 0 Å². The summed E-state index contributed by atoms with van der Waals surface area (Å²) in [5.74, 6) is 2.19. The molecule has 1 fully saturated rings. The zero-order valence-corrected chi connectivity index (χ0v) is 8.25. The summed E-state index contributed by atoms with van der Waals surface area (Å²) in [5, 5.41) is 0. The first-order chi connectivity index (χ1) is 6.29. The molecule has 0 N–H and O–H groups in total. The van der Waals surface area contributed by atoms with Gasteiger partial charge in [-0.15, -0.1) is 11.6 Å². The van der Waals surface area contributed by atoms with Crippen molar-refractivity contribution in [2.24, 2.45) is 0 Å². The molecule has 2 atom stereocenters. The van der Waals surface area contributed by atoms with Crippen molar-refractivity contribution in [3.05, 3.63) is 17.8 Å². The lowest BCUT2D eigenvalue weighted by molar-refractivity contribution is 0.122. The summed E-state index contributed by atoms with van der Waals surface area (Å²) >= 11 is 5.59. The Kier molecular flexibility index (Phi) is 2.56. The van der Waals surface area contributed by atoms with Gasteiger partial charge in [-0.2, -0.15) is 0 Å². The molecule has 0 radical (unpaired) electrons. The van der Waals surface area contributed by atoms with Crippen molar-refractivity contribution in [2.75, 3.05) is 6.61 Å². The number of oxazole rings is 1. The van der Waals surface area contributed by atoms with Crippen molar-refractivity contribution < 1.29 is 9.15 Å². The lowest BCUT2D eigenvalue weighted by Gasteiger charge is -2.00. The molecular formula is C9H12ClNO2. The molecule has 2 heterocycles. The third kappa shape index (κ3) is 1.86. The maximum Gasteiger partial charge on any atom is 0.209 e. The van der Waals surface area contributed by atoms with Gasteiger partial charge in [0.25, 0.3) is 0 Å². The van der Waals surface area contributed by atoms with Gasteiger partial charge in [-0.25, -0.2) is 4.98 Å². The van der Waals surface area contributed by atoms with Crippen molar-refractivity contribution in [1.82, 2.24) is 4.98 Å². The van der Waals surface area contributed by atoms with E-state index in [0.717, 1.165) is 18.8 Å². The molecule has 1 aromatic heterocycles. The van der Waals surface area contributed by atoms with Crippen molar-refractivity contribution >= 4 is 11.6 Å². The Labute approximate surface area is 82.0 Å². The molecule has 0 amide bonds. The summed E-state index contributed by atoms with van der Waals surface area (Å²) in [4.78, 5) is 4.05. The lowest BCUT2D eigenvalue weighted by Crippen LogP contribution is -1.95. The van der Waals surface area contributed by atoms with Crippen molar-refractivity contribution in [2.45, 2.75) is 31.2 Å². The van der Waals surface area contributed by atoms with E-state index in [1.807, 2.05) is 0 Å². The highest BCUT2D eigenvalue weighted by Gasteiger charge is 2.26. The van der Waals surface area contributed by atoms with E-state index in [0.29, 0.717) is 23.8 Å². The maximum absolute atomic E-state index is 5.59. The number of hydrogen-bond acceptors (Lipinski definition) is 3. The number of aromatic nitrogens is 1. The van der Waals surface area contributed by atoms with Gasteiger partial charge in [-0.3, -0.25) is 0 Å². The van der Waals surface area contributed by atoms with Crippen LogP contribution in [0.5, 0.6) is 0 Å². The molecule has 0 spiro atoms. The van der Waals surface area contributed by atoms with Crippen LogP contribution >= 0.6 is 11.6 Å². The van der Waals surface area contributed by atoms with Crippen molar-refractivity contribution in [1.29, 1.82) is 0 Å². The predicted octanol–water partition coefficient (Wildman–Crippen LogP) is 2.31. The molecule has 1 saturated heterocycles. The average molecular weight is 202 g/mol. The molecule has 0 saturated carbocycles. The Balaban J connectivity index is 2.08. The minimum absolute atomic E-state index is 0.328. The molecule has 2 unspecified atom stereocenters. The number of alkyl halides is 1. The maximum atomic E-state index is 5.59. The van der Waals surface area contributed by atoms with E-state index < -0.39 is 0 Å². The van der Waals surface area contributed by atoms with Crippen LogP contribution in [0.2, 0.25) is 0 Å².